The molecule has 0 spiro atoms. The second-order valence-electron chi connectivity index (χ2n) is 5.58. The highest BCUT2D eigenvalue weighted by Gasteiger charge is 2.33. The number of nitrogens with zero attached hydrogens (tertiary/aromatic N) is 2. The van der Waals surface area contributed by atoms with Crippen molar-refractivity contribution < 1.29 is 24.5 Å². The van der Waals surface area contributed by atoms with Gasteiger partial charge in [-0.1, -0.05) is 60.7 Å². The van der Waals surface area contributed by atoms with Gasteiger partial charge in [0.2, 0.25) is 17.8 Å². The van der Waals surface area contributed by atoms with Crippen molar-refractivity contribution in [3.63, 3.8) is 0 Å². The Morgan fingerprint density at radius 1 is 0.786 bits per heavy atom. The molecule has 1 fully saturated rings. The average Bonchev–Trinajstić information content (AvgIpc) is 3.35. The highest BCUT2D eigenvalue weighted by atomic mass is 16.5. The molecule has 1 aliphatic rings. The van der Waals surface area contributed by atoms with Gasteiger partial charge in [0.25, 0.3) is 0 Å². The summed E-state index contributed by atoms with van der Waals surface area (Å²) >= 11 is 0. The molecule has 0 aromatic heterocycles. The average molecular weight is 384 g/mol. The van der Waals surface area contributed by atoms with Crippen molar-refractivity contribution in [2.24, 2.45) is 9.98 Å². The number of hydrogen-bond acceptors (Lipinski definition) is 7. The highest BCUT2D eigenvalue weighted by molar-refractivity contribution is 5.49. The SMILES string of the molecule is C1CCOC1.O=C=NC(N=C=O)(c1ccccc1)c1ccccc1.OCCO. The zero-order valence-corrected chi connectivity index (χ0v) is 15.5. The van der Waals surface area contributed by atoms with Crippen molar-refractivity contribution in [2.45, 2.75) is 18.5 Å². The zero-order valence-electron chi connectivity index (χ0n) is 15.5. The van der Waals surface area contributed by atoms with Crippen molar-refractivity contribution in [3.8, 4) is 0 Å². The van der Waals surface area contributed by atoms with E-state index in [1.54, 1.807) is 48.5 Å². The molecule has 7 nitrogen and oxygen atoms in total. The molecule has 1 saturated heterocycles. The van der Waals surface area contributed by atoms with E-state index >= 15 is 0 Å². The Kier molecular flexibility index (Phi) is 11.7. The third kappa shape index (κ3) is 7.37. The van der Waals surface area contributed by atoms with E-state index in [1.165, 1.54) is 25.0 Å². The highest BCUT2D eigenvalue weighted by Crippen LogP contribution is 2.34. The zero-order chi connectivity index (χ0) is 20.5. The Labute approximate surface area is 164 Å². The molecule has 0 radical (unpaired) electrons. The summed E-state index contributed by atoms with van der Waals surface area (Å²) in [5.74, 6) is 0. The van der Waals surface area contributed by atoms with Crippen LogP contribution in [0.5, 0.6) is 0 Å². The molecule has 1 heterocycles. The predicted molar refractivity (Wildman–Crippen MR) is 104 cm³/mol. The molecule has 2 N–H and O–H groups in total. The summed E-state index contributed by atoms with van der Waals surface area (Å²) in [7, 11) is 0. The summed E-state index contributed by atoms with van der Waals surface area (Å²) in [6.45, 7) is 1.75. The van der Waals surface area contributed by atoms with Crippen LogP contribution in [0, 0.1) is 0 Å². The lowest BCUT2D eigenvalue weighted by Crippen LogP contribution is -2.22. The lowest BCUT2D eigenvalue weighted by Gasteiger charge is -2.22. The van der Waals surface area contributed by atoms with E-state index in [0.717, 1.165) is 13.2 Å². The van der Waals surface area contributed by atoms with Crippen LogP contribution in [-0.2, 0) is 20.0 Å². The molecule has 0 atom stereocenters. The monoisotopic (exact) mass is 384 g/mol. The van der Waals surface area contributed by atoms with Crippen LogP contribution in [0.3, 0.4) is 0 Å². The third-order valence-corrected chi connectivity index (χ3v) is 3.69. The van der Waals surface area contributed by atoms with Crippen LogP contribution in [-0.4, -0.2) is 48.8 Å². The summed E-state index contributed by atoms with van der Waals surface area (Å²) in [6, 6.07) is 17.8. The molecular formula is C21H24N2O5. The predicted octanol–water partition coefficient (Wildman–Crippen LogP) is 2.33. The fourth-order valence-electron chi connectivity index (χ4n) is 2.43. The minimum absolute atomic E-state index is 0.125. The molecule has 0 amide bonds. The molecule has 1 aliphatic heterocycles. The second kappa shape index (κ2) is 14.2. The van der Waals surface area contributed by atoms with Gasteiger partial charge >= 0.3 is 0 Å². The number of aliphatic imine (C=N–C) groups is 2. The maximum Gasteiger partial charge on any atom is 0.238 e. The molecule has 3 rings (SSSR count). The van der Waals surface area contributed by atoms with E-state index in [4.69, 9.17) is 14.9 Å². The van der Waals surface area contributed by atoms with Gasteiger partial charge in [-0.05, 0) is 12.8 Å². The Hall–Kier alpha value is -2.92. The Balaban J connectivity index is 0.000000359. The largest absolute Gasteiger partial charge is 0.394 e. The number of aliphatic hydroxyl groups is 2. The van der Waals surface area contributed by atoms with Crippen molar-refractivity contribution >= 4 is 12.2 Å². The van der Waals surface area contributed by atoms with Gasteiger partial charge < -0.3 is 14.9 Å². The number of benzene rings is 2. The minimum atomic E-state index is -1.41. The van der Waals surface area contributed by atoms with E-state index in [-0.39, 0.29) is 13.2 Å². The first-order valence-corrected chi connectivity index (χ1v) is 8.83. The van der Waals surface area contributed by atoms with Crippen molar-refractivity contribution in [3.05, 3.63) is 71.8 Å². The van der Waals surface area contributed by atoms with Crippen LogP contribution in [0.25, 0.3) is 0 Å². The number of ether oxygens (including phenoxy) is 1. The van der Waals surface area contributed by atoms with E-state index in [0.29, 0.717) is 11.1 Å². The van der Waals surface area contributed by atoms with Crippen LogP contribution in [0.15, 0.2) is 70.6 Å². The summed E-state index contributed by atoms with van der Waals surface area (Å²) in [5, 5.41) is 15.2. The molecule has 0 bridgehead atoms. The molecule has 2 aromatic carbocycles. The Bertz CT molecular complexity index is 682. The minimum Gasteiger partial charge on any atom is -0.394 e. The maximum absolute atomic E-state index is 10.8. The summed E-state index contributed by atoms with van der Waals surface area (Å²) in [6.07, 6.45) is 5.54. The van der Waals surface area contributed by atoms with Gasteiger partial charge in [-0.2, -0.15) is 9.98 Å². The van der Waals surface area contributed by atoms with E-state index in [9.17, 15) is 9.59 Å². The first-order valence-electron chi connectivity index (χ1n) is 8.83. The number of rotatable bonds is 5. The van der Waals surface area contributed by atoms with E-state index in [2.05, 4.69) is 9.98 Å². The Morgan fingerprint density at radius 2 is 1.18 bits per heavy atom. The lowest BCUT2D eigenvalue weighted by atomic mass is 9.92. The van der Waals surface area contributed by atoms with Gasteiger partial charge in [0, 0.05) is 24.3 Å². The maximum atomic E-state index is 10.8. The van der Waals surface area contributed by atoms with Crippen molar-refractivity contribution in [1.29, 1.82) is 0 Å². The standard InChI is InChI=1S/C15H10N2O2.C4H8O.C2H6O2/c18-11-16-15(17-12-19,13-7-3-1-4-8-13)14-9-5-2-6-10-14;1-2-4-5-3-1;3-1-2-4/h1-10H;1-4H2;3-4H,1-2H2. The van der Waals surface area contributed by atoms with E-state index in [1.807, 2.05) is 12.1 Å². The van der Waals surface area contributed by atoms with Gasteiger partial charge in [-0.25, -0.2) is 9.59 Å². The Morgan fingerprint density at radius 3 is 1.43 bits per heavy atom. The third-order valence-electron chi connectivity index (χ3n) is 3.69. The molecule has 0 saturated carbocycles. The normalized spacial score (nSPS) is 12.2. The van der Waals surface area contributed by atoms with Crippen LogP contribution >= 0.6 is 0 Å². The molecule has 0 aliphatic carbocycles. The fourth-order valence-corrected chi connectivity index (χ4v) is 2.43. The van der Waals surface area contributed by atoms with Gasteiger partial charge in [-0.15, -0.1) is 0 Å². The fraction of sp³-hybridized carbons (Fsp3) is 0.333. The topological polar surface area (TPSA) is 109 Å². The molecule has 7 heteroatoms. The van der Waals surface area contributed by atoms with Crippen LogP contribution < -0.4 is 0 Å². The molecule has 148 valence electrons. The van der Waals surface area contributed by atoms with Gasteiger partial charge in [0.05, 0.1) is 13.2 Å². The van der Waals surface area contributed by atoms with E-state index < -0.39 is 5.66 Å². The van der Waals surface area contributed by atoms with Crippen LogP contribution in [0.4, 0.5) is 0 Å². The first kappa shape index (κ1) is 23.1. The quantitative estimate of drug-likeness (QED) is 0.607. The number of carbonyl (C=O) groups excluding carboxylic acids is 2. The lowest BCUT2D eigenvalue weighted by molar-refractivity contribution is 0.186. The summed E-state index contributed by atoms with van der Waals surface area (Å²) in [4.78, 5) is 29.0. The number of hydrogen-bond donors (Lipinski definition) is 2. The number of isocyanates is 2. The van der Waals surface area contributed by atoms with Gasteiger partial charge in [-0.3, -0.25) is 0 Å². The van der Waals surface area contributed by atoms with Crippen LogP contribution in [0.2, 0.25) is 0 Å². The second-order valence-corrected chi connectivity index (χ2v) is 5.58. The smallest absolute Gasteiger partial charge is 0.238 e. The van der Waals surface area contributed by atoms with Crippen molar-refractivity contribution in [1.82, 2.24) is 0 Å². The number of aliphatic hydroxyl groups excluding tert-OH is 2. The molecular weight excluding hydrogens is 360 g/mol. The molecule has 0 unspecified atom stereocenters. The van der Waals surface area contributed by atoms with Crippen LogP contribution in [0.1, 0.15) is 24.0 Å². The summed E-state index contributed by atoms with van der Waals surface area (Å²) in [5.41, 5.74) is -0.202. The van der Waals surface area contributed by atoms with Gasteiger partial charge in [0.1, 0.15) is 0 Å². The summed E-state index contributed by atoms with van der Waals surface area (Å²) < 4.78 is 4.94. The first-order chi connectivity index (χ1) is 13.7. The van der Waals surface area contributed by atoms with Gasteiger partial charge in [0.15, 0.2) is 0 Å². The molecule has 2 aromatic rings. The molecule has 28 heavy (non-hydrogen) atoms. The van der Waals surface area contributed by atoms with Crippen molar-refractivity contribution in [2.75, 3.05) is 26.4 Å².